The predicted octanol–water partition coefficient (Wildman–Crippen LogP) is 2.09. The van der Waals surface area contributed by atoms with Crippen molar-refractivity contribution in [2.75, 3.05) is 0 Å². The van der Waals surface area contributed by atoms with Crippen LogP contribution >= 0.6 is 0 Å². The van der Waals surface area contributed by atoms with Gasteiger partial charge in [-0.1, -0.05) is 19.9 Å². The standard InChI is InChI=1S/C20H21N3O5/c1-12(2)18(22-19(25)15-5-4-8-27-15)20(26)28-11-14-9-17(24)23-10-13(3)6-7-16(23)21-14/h4-10,12,18H,11H2,1-3H3,(H,22,25)/t18-/m0/s1. The molecule has 0 spiro atoms. The SMILES string of the molecule is Cc1ccc2nc(COC(=O)[C@@H](NC(=O)c3ccco3)C(C)C)cc(=O)n2c1. The molecular formula is C20H21N3O5. The maximum Gasteiger partial charge on any atom is 0.329 e. The monoisotopic (exact) mass is 383 g/mol. The van der Waals surface area contributed by atoms with Crippen LogP contribution in [-0.4, -0.2) is 27.3 Å². The Balaban J connectivity index is 1.70. The maximum atomic E-state index is 12.5. The number of fused-ring (bicyclic) bond motifs is 1. The van der Waals surface area contributed by atoms with E-state index in [2.05, 4.69) is 10.3 Å². The highest BCUT2D eigenvalue weighted by Gasteiger charge is 2.27. The van der Waals surface area contributed by atoms with Crippen LogP contribution in [0.3, 0.4) is 0 Å². The van der Waals surface area contributed by atoms with Gasteiger partial charge in [0.15, 0.2) is 5.76 Å². The van der Waals surface area contributed by atoms with Crippen LogP contribution < -0.4 is 10.9 Å². The van der Waals surface area contributed by atoms with Crippen LogP contribution in [-0.2, 0) is 16.1 Å². The van der Waals surface area contributed by atoms with Crippen molar-refractivity contribution in [1.82, 2.24) is 14.7 Å². The van der Waals surface area contributed by atoms with Gasteiger partial charge in [0.2, 0.25) is 0 Å². The molecule has 0 saturated carbocycles. The zero-order valence-corrected chi connectivity index (χ0v) is 15.8. The van der Waals surface area contributed by atoms with Gasteiger partial charge in [0.05, 0.1) is 12.0 Å². The van der Waals surface area contributed by atoms with E-state index in [0.29, 0.717) is 11.3 Å². The molecule has 0 bridgehead atoms. The highest BCUT2D eigenvalue weighted by molar-refractivity contribution is 5.94. The van der Waals surface area contributed by atoms with Crippen molar-refractivity contribution in [1.29, 1.82) is 0 Å². The number of amides is 1. The van der Waals surface area contributed by atoms with Crippen LogP contribution in [0.2, 0.25) is 0 Å². The Labute approximate surface area is 161 Å². The fraction of sp³-hybridized carbons (Fsp3) is 0.300. The van der Waals surface area contributed by atoms with Gasteiger partial charge < -0.3 is 14.5 Å². The Morgan fingerprint density at radius 2 is 2.07 bits per heavy atom. The van der Waals surface area contributed by atoms with E-state index in [0.717, 1.165) is 5.56 Å². The minimum absolute atomic E-state index is 0.109. The molecule has 146 valence electrons. The number of esters is 1. The van der Waals surface area contributed by atoms with Gasteiger partial charge in [0.25, 0.3) is 11.5 Å². The second kappa shape index (κ2) is 8.08. The van der Waals surface area contributed by atoms with E-state index >= 15 is 0 Å². The lowest BCUT2D eigenvalue weighted by Crippen LogP contribution is -2.45. The minimum Gasteiger partial charge on any atom is -0.459 e. The molecule has 1 amide bonds. The molecule has 3 aromatic rings. The van der Waals surface area contributed by atoms with Crippen LogP contribution in [0.1, 0.15) is 35.7 Å². The van der Waals surface area contributed by atoms with Crippen molar-refractivity contribution in [3.63, 3.8) is 0 Å². The average Bonchev–Trinajstić information content (AvgIpc) is 3.19. The molecule has 0 aliphatic rings. The molecule has 0 radical (unpaired) electrons. The van der Waals surface area contributed by atoms with Gasteiger partial charge in [-0.3, -0.25) is 14.0 Å². The molecule has 28 heavy (non-hydrogen) atoms. The number of rotatable bonds is 6. The van der Waals surface area contributed by atoms with Gasteiger partial charge in [-0.25, -0.2) is 9.78 Å². The summed E-state index contributed by atoms with van der Waals surface area (Å²) in [4.78, 5) is 41.2. The molecule has 0 unspecified atom stereocenters. The molecule has 1 atom stereocenters. The largest absolute Gasteiger partial charge is 0.459 e. The van der Waals surface area contributed by atoms with Gasteiger partial charge in [-0.05, 0) is 36.6 Å². The first kappa shape index (κ1) is 19.3. The summed E-state index contributed by atoms with van der Waals surface area (Å²) in [5, 5.41) is 2.61. The van der Waals surface area contributed by atoms with E-state index in [9.17, 15) is 14.4 Å². The van der Waals surface area contributed by atoms with E-state index in [4.69, 9.17) is 9.15 Å². The van der Waals surface area contributed by atoms with Crippen LogP contribution in [0.25, 0.3) is 5.65 Å². The summed E-state index contributed by atoms with van der Waals surface area (Å²) in [7, 11) is 0. The first-order valence-corrected chi connectivity index (χ1v) is 8.85. The lowest BCUT2D eigenvalue weighted by molar-refractivity contribution is -0.148. The lowest BCUT2D eigenvalue weighted by Gasteiger charge is -2.20. The van der Waals surface area contributed by atoms with E-state index in [-0.39, 0.29) is 23.8 Å². The molecular weight excluding hydrogens is 362 g/mol. The van der Waals surface area contributed by atoms with Crippen LogP contribution in [0.5, 0.6) is 0 Å². The Kier molecular flexibility index (Phi) is 5.58. The summed E-state index contributed by atoms with van der Waals surface area (Å²) >= 11 is 0. The number of nitrogens with zero attached hydrogens (tertiary/aromatic N) is 2. The van der Waals surface area contributed by atoms with Crippen LogP contribution in [0, 0.1) is 12.8 Å². The average molecular weight is 383 g/mol. The molecule has 0 fully saturated rings. The van der Waals surface area contributed by atoms with Crippen LogP contribution in [0.4, 0.5) is 0 Å². The van der Waals surface area contributed by atoms with Gasteiger partial charge in [-0.2, -0.15) is 0 Å². The van der Waals surface area contributed by atoms with Crippen molar-refractivity contribution in [2.24, 2.45) is 5.92 Å². The number of hydrogen-bond donors (Lipinski definition) is 1. The van der Waals surface area contributed by atoms with Crippen molar-refractivity contribution in [2.45, 2.75) is 33.4 Å². The molecule has 8 heteroatoms. The van der Waals surface area contributed by atoms with Gasteiger partial charge >= 0.3 is 5.97 Å². The van der Waals surface area contributed by atoms with Gasteiger partial charge in [0, 0.05) is 12.3 Å². The van der Waals surface area contributed by atoms with Crippen molar-refractivity contribution in [3.8, 4) is 0 Å². The van der Waals surface area contributed by atoms with Gasteiger partial charge in [0.1, 0.15) is 18.3 Å². The molecule has 8 nitrogen and oxygen atoms in total. The smallest absolute Gasteiger partial charge is 0.329 e. The number of carbonyl (C=O) groups is 2. The summed E-state index contributed by atoms with van der Waals surface area (Å²) in [6, 6.07) is 7.13. The summed E-state index contributed by atoms with van der Waals surface area (Å²) in [6.07, 6.45) is 3.07. The third kappa shape index (κ3) is 4.28. The topological polar surface area (TPSA) is 103 Å². The summed E-state index contributed by atoms with van der Waals surface area (Å²) in [6.45, 7) is 5.29. The molecule has 3 rings (SSSR count). The zero-order valence-electron chi connectivity index (χ0n) is 15.8. The number of hydrogen-bond acceptors (Lipinski definition) is 6. The number of furan rings is 1. The molecule has 0 aromatic carbocycles. The van der Waals surface area contributed by atoms with E-state index in [1.165, 1.54) is 22.8 Å². The molecule has 1 N–H and O–H groups in total. The van der Waals surface area contributed by atoms with Crippen molar-refractivity contribution >= 4 is 17.5 Å². The van der Waals surface area contributed by atoms with Crippen LogP contribution in [0.15, 0.2) is 52.0 Å². The number of pyridine rings is 1. The maximum absolute atomic E-state index is 12.5. The Morgan fingerprint density at radius 3 is 2.75 bits per heavy atom. The zero-order chi connectivity index (χ0) is 20.3. The quantitative estimate of drug-likeness (QED) is 0.654. The summed E-state index contributed by atoms with van der Waals surface area (Å²) in [5.41, 5.74) is 1.48. The third-order valence-corrected chi connectivity index (χ3v) is 4.18. The normalized spacial score (nSPS) is 12.1. The number of aromatic nitrogens is 2. The second-order valence-electron chi connectivity index (χ2n) is 6.80. The number of carbonyl (C=O) groups excluding carboxylic acids is 2. The highest BCUT2D eigenvalue weighted by Crippen LogP contribution is 2.09. The lowest BCUT2D eigenvalue weighted by atomic mass is 10.0. The van der Waals surface area contributed by atoms with Crippen molar-refractivity contribution in [3.05, 3.63) is 70.2 Å². The highest BCUT2D eigenvalue weighted by atomic mass is 16.5. The first-order valence-electron chi connectivity index (χ1n) is 8.85. The Bertz CT molecular complexity index is 1050. The number of nitrogens with one attached hydrogen (secondary N) is 1. The molecule has 0 saturated heterocycles. The van der Waals surface area contributed by atoms with E-state index in [1.807, 2.05) is 13.0 Å². The van der Waals surface area contributed by atoms with Crippen molar-refractivity contribution < 1.29 is 18.7 Å². The minimum atomic E-state index is -0.859. The Hall–Kier alpha value is -3.42. The Morgan fingerprint density at radius 1 is 1.29 bits per heavy atom. The second-order valence-corrected chi connectivity index (χ2v) is 6.80. The first-order chi connectivity index (χ1) is 13.3. The fourth-order valence-corrected chi connectivity index (χ4v) is 2.68. The number of ether oxygens (including phenoxy) is 1. The summed E-state index contributed by atoms with van der Waals surface area (Å²) < 4.78 is 11.8. The molecule has 0 aliphatic heterocycles. The molecule has 0 aliphatic carbocycles. The molecule has 3 aromatic heterocycles. The van der Waals surface area contributed by atoms with Gasteiger partial charge in [-0.15, -0.1) is 0 Å². The van der Waals surface area contributed by atoms with E-state index in [1.54, 1.807) is 32.2 Å². The summed E-state index contributed by atoms with van der Waals surface area (Å²) in [5.74, 6) is -1.21. The van der Waals surface area contributed by atoms with E-state index < -0.39 is 17.9 Å². The third-order valence-electron chi connectivity index (χ3n) is 4.18. The fourth-order valence-electron chi connectivity index (χ4n) is 2.68. The molecule has 3 heterocycles. The number of aryl methyl sites for hydroxylation is 1. The predicted molar refractivity (Wildman–Crippen MR) is 101 cm³/mol.